The SMILES string of the molecule is CCCCCCOc1ccc(C(=O)NC2CC2)cc1OC. The van der Waals surface area contributed by atoms with E-state index >= 15 is 0 Å². The quantitative estimate of drug-likeness (QED) is 0.708. The molecule has 1 fully saturated rings. The Morgan fingerprint density at radius 2 is 2.05 bits per heavy atom. The van der Waals surface area contributed by atoms with Crippen LogP contribution < -0.4 is 14.8 Å². The molecule has 1 amide bonds. The lowest BCUT2D eigenvalue weighted by atomic mass is 10.2. The molecular weight excluding hydrogens is 266 g/mol. The van der Waals surface area contributed by atoms with Crippen molar-refractivity contribution in [2.45, 2.75) is 51.5 Å². The second kappa shape index (κ2) is 7.91. The Bertz CT molecular complexity index is 469. The zero-order valence-electron chi connectivity index (χ0n) is 13.0. The third kappa shape index (κ3) is 4.96. The van der Waals surface area contributed by atoms with Crippen LogP contribution in [0.3, 0.4) is 0 Å². The molecule has 0 unspecified atom stereocenters. The van der Waals surface area contributed by atoms with E-state index in [1.54, 1.807) is 19.2 Å². The number of carbonyl (C=O) groups is 1. The first-order valence-corrected chi connectivity index (χ1v) is 7.86. The molecule has 0 atom stereocenters. The highest BCUT2D eigenvalue weighted by Gasteiger charge is 2.24. The second-order valence-corrected chi connectivity index (χ2v) is 5.52. The van der Waals surface area contributed by atoms with Crippen molar-refractivity contribution in [3.63, 3.8) is 0 Å². The van der Waals surface area contributed by atoms with Gasteiger partial charge in [0.25, 0.3) is 5.91 Å². The van der Waals surface area contributed by atoms with E-state index < -0.39 is 0 Å². The summed E-state index contributed by atoms with van der Waals surface area (Å²) in [5.74, 6) is 1.29. The van der Waals surface area contributed by atoms with Gasteiger partial charge in [0.15, 0.2) is 11.5 Å². The molecule has 21 heavy (non-hydrogen) atoms. The number of methoxy groups -OCH3 is 1. The van der Waals surface area contributed by atoms with E-state index in [4.69, 9.17) is 9.47 Å². The molecule has 1 aromatic rings. The summed E-state index contributed by atoms with van der Waals surface area (Å²) in [6, 6.07) is 5.72. The van der Waals surface area contributed by atoms with Gasteiger partial charge in [0.05, 0.1) is 13.7 Å². The summed E-state index contributed by atoms with van der Waals surface area (Å²) in [4.78, 5) is 12.0. The zero-order chi connectivity index (χ0) is 15.1. The van der Waals surface area contributed by atoms with Crippen molar-refractivity contribution in [2.75, 3.05) is 13.7 Å². The minimum Gasteiger partial charge on any atom is -0.493 e. The maximum Gasteiger partial charge on any atom is 0.251 e. The first-order chi connectivity index (χ1) is 10.2. The van der Waals surface area contributed by atoms with E-state index in [0.29, 0.717) is 29.7 Å². The van der Waals surface area contributed by atoms with Crippen molar-refractivity contribution in [2.24, 2.45) is 0 Å². The topological polar surface area (TPSA) is 47.6 Å². The smallest absolute Gasteiger partial charge is 0.251 e. The second-order valence-electron chi connectivity index (χ2n) is 5.52. The first-order valence-electron chi connectivity index (χ1n) is 7.86. The molecule has 2 rings (SSSR count). The van der Waals surface area contributed by atoms with Gasteiger partial charge in [0.2, 0.25) is 0 Å². The van der Waals surface area contributed by atoms with Crippen LogP contribution in [-0.4, -0.2) is 25.7 Å². The van der Waals surface area contributed by atoms with Crippen LogP contribution in [0.5, 0.6) is 11.5 Å². The van der Waals surface area contributed by atoms with Gasteiger partial charge in [-0.1, -0.05) is 26.2 Å². The van der Waals surface area contributed by atoms with Gasteiger partial charge in [-0.2, -0.15) is 0 Å². The van der Waals surface area contributed by atoms with E-state index in [9.17, 15) is 4.79 Å². The van der Waals surface area contributed by atoms with E-state index in [0.717, 1.165) is 19.3 Å². The van der Waals surface area contributed by atoms with Gasteiger partial charge < -0.3 is 14.8 Å². The molecule has 0 radical (unpaired) electrons. The fraction of sp³-hybridized carbons (Fsp3) is 0.588. The summed E-state index contributed by atoms with van der Waals surface area (Å²) in [7, 11) is 1.60. The van der Waals surface area contributed by atoms with Crippen molar-refractivity contribution in [1.29, 1.82) is 0 Å². The Kier molecular flexibility index (Phi) is 5.90. The highest BCUT2D eigenvalue weighted by molar-refractivity contribution is 5.95. The standard InChI is InChI=1S/C17H25NO3/c1-3-4-5-6-11-21-15-10-7-13(12-16(15)20-2)17(19)18-14-8-9-14/h7,10,12,14H,3-6,8-9,11H2,1-2H3,(H,18,19). The first kappa shape index (κ1) is 15.7. The molecule has 116 valence electrons. The van der Waals surface area contributed by atoms with Gasteiger partial charge in [-0.3, -0.25) is 4.79 Å². The fourth-order valence-electron chi connectivity index (χ4n) is 2.14. The van der Waals surface area contributed by atoms with Crippen LogP contribution in [0.25, 0.3) is 0 Å². The van der Waals surface area contributed by atoms with Crippen molar-refractivity contribution in [3.8, 4) is 11.5 Å². The molecule has 1 aliphatic rings. The van der Waals surface area contributed by atoms with E-state index in [2.05, 4.69) is 12.2 Å². The number of unbranched alkanes of at least 4 members (excludes halogenated alkanes) is 3. The van der Waals surface area contributed by atoms with Crippen molar-refractivity contribution >= 4 is 5.91 Å². The Labute approximate surface area is 126 Å². The van der Waals surface area contributed by atoms with Gasteiger partial charge in [-0.25, -0.2) is 0 Å². The molecule has 1 aromatic carbocycles. The third-order valence-corrected chi connectivity index (χ3v) is 3.59. The minimum absolute atomic E-state index is 0.0368. The van der Waals surface area contributed by atoms with E-state index in [-0.39, 0.29) is 5.91 Å². The number of hydrogen-bond donors (Lipinski definition) is 1. The largest absolute Gasteiger partial charge is 0.493 e. The molecular formula is C17H25NO3. The molecule has 0 spiro atoms. The molecule has 0 saturated heterocycles. The van der Waals surface area contributed by atoms with Crippen molar-refractivity contribution < 1.29 is 14.3 Å². The van der Waals surface area contributed by atoms with Gasteiger partial charge in [-0.05, 0) is 37.5 Å². The monoisotopic (exact) mass is 291 g/mol. The third-order valence-electron chi connectivity index (χ3n) is 3.59. The lowest BCUT2D eigenvalue weighted by molar-refractivity contribution is 0.0950. The Hall–Kier alpha value is -1.71. The van der Waals surface area contributed by atoms with E-state index in [1.165, 1.54) is 19.3 Å². The average Bonchev–Trinajstić information content (AvgIpc) is 3.31. The predicted octanol–water partition coefficient (Wildman–Crippen LogP) is 3.55. The number of amides is 1. The van der Waals surface area contributed by atoms with Crippen LogP contribution in [-0.2, 0) is 0 Å². The molecule has 0 aliphatic heterocycles. The Balaban J connectivity index is 1.90. The molecule has 0 bridgehead atoms. The van der Waals surface area contributed by atoms with Crippen LogP contribution in [0.15, 0.2) is 18.2 Å². The summed E-state index contributed by atoms with van der Waals surface area (Å²) >= 11 is 0. The molecule has 1 saturated carbocycles. The van der Waals surface area contributed by atoms with Gasteiger partial charge in [0, 0.05) is 11.6 Å². The number of benzene rings is 1. The number of hydrogen-bond acceptors (Lipinski definition) is 3. The number of carbonyl (C=O) groups excluding carboxylic acids is 1. The number of rotatable bonds is 9. The van der Waals surface area contributed by atoms with E-state index in [1.807, 2.05) is 6.07 Å². The Morgan fingerprint density at radius 1 is 1.24 bits per heavy atom. The number of nitrogens with one attached hydrogen (secondary N) is 1. The Morgan fingerprint density at radius 3 is 2.71 bits per heavy atom. The summed E-state index contributed by atoms with van der Waals surface area (Å²) in [6.07, 6.45) is 6.85. The normalized spacial score (nSPS) is 13.8. The van der Waals surface area contributed by atoms with Gasteiger partial charge in [0.1, 0.15) is 0 Å². The molecule has 0 heterocycles. The van der Waals surface area contributed by atoms with Gasteiger partial charge in [-0.15, -0.1) is 0 Å². The average molecular weight is 291 g/mol. The maximum absolute atomic E-state index is 12.0. The summed E-state index contributed by atoms with van der Waals surface area (Å²) in [6.45, 7) is 2.87. The van der Waals surface area contributed by atoms with Crippen LogP contribution >= 0.6 is 0 Å². The van der Waals surface area contributed by atoms with Crippen LogP contribution in [0.2, 0.25) is 0 Å². The summed E-state index contributed by atoms with van der Waals surface area (Å²) in [5.41, 5.74) is 0.622. The molecule has 0 aromatic heterocycles. The molecule has 1 N–H and O–H groups in total. The van der Waals surface area contributed by atoms with Gasteiger partial charge >= 0.3 is 0 Å². The highest BCUT2D eigenvalue weighted by atomic mass is 16.5. The zero-order valence-corrected chi connectivity index (χ0v) is 13.0. The van der Waals surface area contributed by atoms with Crippen LogP contribution in [0.1, 0.15) is 55.8 Å². The van der Waals surface area contributed by atoms with Crippen molar-refractivity contribution in [1.82, 2.24) is 5.32 Å². The highest BCUT2D eigenvalue weighted by Crippen LogP contribution is 2.29. The summed E-state index contributed by atoms with van der Waals surface area (Å²) in [5, 5.41) is 2.97. The predicted molar refractivity (Wildman–Crippen MR) is 83.1 cm³/mol. The lowest BCUT2D eigenvalue weighted by Gasteiger charge is -2.12. The minimum atomic E-state index is -0.0368. The molecule has 4 heteroatoms. The van der Waals surface area contributed by atoms with Crippen LogP contribution in [0.4, 0.5) is 0 Å². The molecule has 4 nitrogen and oxygen atoms in total. The number of ether oxygens (including phenoxy) is 2. The fourth-order valence-corrected chi connectivity index (χ4v) is 2.14. The molecule has 1 aliphatic carbocycles. The van der Waals surface area contributed by atoms with Crippen LogP contribution in [0, 0.1) is 0 Å². The van der Waals surface area contributed by atoms with Crippen molar-refractivity contribution in [3.05, 3.63) is 23.8 Å². The summed E-state index contributed by atoms with van der Waals surface area (Å²) < 4.78 is 11.1. The lowest BCUT2D eigenvalue weighted by Crippen LogP contribution is -2.25. The maximum atomic E-state index is 12.0.